The Hall–Kier alpha value is -1.75. The molecule has 24 heavy (non-hydrogen) atoms. The van der Waals surface area contributed by atoms with E-state index in [-0.39, 0.29) is 23.5 Å². The molecule has 5 heteroatoms. The van der Waals surface area contributed by atoms with Gasteiger partial charge in [-0.2, -0.15) is 0 Å². The number of amides is 1. The molecule has 0 spiro atoms. The highest BCUT2D eigenvalue weighted by Gasteiger charge is 2.36. The molecule has 0 saturated carbocycles. The lowest BCUT2D eigenvalue weighted by Gasteiger charge is -2.39. The number of rotatable bonds is 3. The Balaban J connectivity index is 1.80. The van der Waals surface area contributed by atoms with E-state index < -0.39 is 0 Å². The third-order valence-electron chi connectivity index (χ3n) is 4.99. The molecule has 0 unspecified atom stereocenters. The molecule has 5 nitrogen and oxygen atoms in total. The fourth-order valence-electron chi connectivity index (χ4n) is 3.76. The summed E-state index contributed by atoms with van der Waals surface area (Å²) in [6, 6.07) is 5.76. The highest BCUT2D eigenvalue weighted by atomic mass is 16.5. The zero-order valence-electron chi connectivity index (χ0n) is 15.1. The molecule has 0 aliphatic carbocycles. The molecule has 1 fully saturated rings. The van der Waals surface area contributed by atoms with E-state index in [4.69, 9.17) is 9.47 Å². The number of piperidine rings is 1. The predicted molar refractivity (Wildman–Crippen MR) is 93.4 cm³/mol. The average molecular weight is 332 g/mol. The van der Waals surface area contributed by atoms with Gasteiger partial charge in [-0.1, -0.05) is 0 Å². The Morgan fingerprint density at radius 2 is 2.21 bits per heavy atom. The van der Waals surface area contributed by atoms with Crippen LogP contribution in [0.4, 0.5) is 0 Å². The zero-order valence-corrected chi connectivity index (χ0v) is 15.1. The van der Waals surface area contributed by atoms with Crippen molar-refractivity contribution in [2.75, 3.05) is 27.2 Å². The van der Waals surface area contributed by atoms with Crippen molar-refractivity contribution in [1.82, 2.24) is 10.2 Å². The maximum absolute atomic E-state index is 12.8. The summed E-state index contributed by atoms with van der Waals surface area (Å²) in [7, 11) is 3.73. The van der Waals surface area contributed by atoms with Gasteiger partial charge in [0.05, 0.1) is 19.1 Å². The highest BCUT2D eigenvalue weighted by Crippen LogP contribution is 2.41. The average Bonchev–Trinajstić information content (AvgIpc) is 2.53. The summed E-state index contributed by atoms with van der Waals surface area (Å²) in [5.74, 6) is 1.84. The van der Waals surface area contributed by atoms with Crippen LogP contribution >= 0.6 is 0 Å². The van der Waals surface area contributed by atoms with E-state index in [2.05, 4.69) is 31.1 Å². The van der Waals surface area contributed by atoms with E-state index in [1.54, 1.807) is 7.11 Å². The molecule has 0 aromatic heterocycles. The van der Waals surface area contributed by atoms with Crippen molar-refractivity contribution in [2.45, 2.75) is 44.8 Å². The minimum Gasteiger partial charge on any atom is -0.497 e. The molecule has 2 aliphatic rings. The Morgan fingerprint density at radius 1 is 1.42 bits per heavy atom. The maximum Gasteiger partial charge on any atom is 0.224 e. The zero-order chi connectivity index (χ0) is 17.3. The summed E-state index contributed by atoms with van der Waals surface area (Å²) in [5, 5.41) is 3.27. The third-order valence-corrected chi connectivity index (χ3v) is 4.99. The largest absolute Gasteiger partial charge is 0.497 e. The Bertz CT molecular complexity index is 615. The van der Waals surface area contributed by atoms with Gasteiger partial charge in [-0.3, -0.25) is 4.79 Å². The number of nitrogens with zero attached hydrogens (tertiary/aromatic N) is 1. The number of carbonyl (C=O) groups excluding carboxylic acids is 1. The van der Waals surface area contributed by atoms with Crippen LogP contribution in [0.3, 0.4) is 0 Å². The van der Waals surface area contributed by atoms with E-state index in [0.717, 1.165) is 49.4 Å². The molecule has 1 aromatic carbocycles. The SMILES string of the molecule is COc1ccc2c(c1)[C@@H](NC(=O)[C@@H]1CCCN(C)C1)CC(C)(C)O2. The molecule has 3 rings (SSSR count). The Morgan fingerprint density at radius 3 is 2.92 bits per heavy atom. The Labute approximate surface area is 144 Å². The minimum absolute atomic E-state index is 0.0430. The van der Waals surface area contributed by atoms with Crippen molar-refractivity contribution in [2.24, 2.45) is 5.92 Å². The first-order valence-corrected chi connectivity index (χ1v) is 8.74. The maximum atomic E-state index is 12.8. The second-order valence-corrected chi connectivity index (χ2v) is 7.63. The van der Waals surface area contributed by atoms with Gasteiger partial charge >= 0.3 is 0 Å². The van der Waals surface area contributed by atoms with Crippen LogP contribution in [0.1, 0.15) is 44.7 Å². The van der Waals surface area contributed by atoms with E-state index in [1.165, 1.54) is 0 Å². The second kappa shape index (κ2) is 6.63. The van der Waals surface area contributed by atoms with E-state index in [0.29, 0.717) is 0 Å². The van der Waals surface area contributed by atoms with Crippen molar-refractivity contribution in [3.8, 4) is 11.5 Å². The number of ether oxygens (including phenoxy) is 2. The van der Waals surface area contributed by atoms with Gasteiger partial charge < -0.3 is 19.7 Å². The molecule has 1 N–H and O–H groups in total. The van der Waals surface area contributed by atoms with Crippen LogP contribution in [-0.4, -0.2) is 43.7 Å². The van der Waals surface area contributed by atoms with Crippen LogP contribution in [0.5, 0.6) is 11.5 Å². The van der Waals surface area contributed by atoms with Crippen molar-refractivity contribution in [1.29, 1.82) is 0 Å². The van der Waals surface area contributed by atoms with Gasteiger partial charge in [0.2, 0.25) is 5.91 Å². The molecule has 1 saturated heterocycles. The molecule has 2 aliphatic heterocycles. The summed E-state index contributed by atoms with van der Waals surface area (Å²) in [6.07, 6.45) is 2.80. The molecule has 2 atom stereocenters. The molecule has 0 bridgehead atoms. The van der Waals surface area contributed by atoms with Crippen LogP contribution in [0.15, 0.2) is 18.2 Å². The van der Waals surface area contributed by atoms with Crippen molar-refractivity contribution < 1.29 is 14.3 Å². The summed E-state index contributed by atoms with van der Waals surface area (Å²) >= 11 is 0. The van der Waals surface area contributed by atoms with Gasteiger partial charge in [0.25, 0.3) is 0 Å². The number of benzene rings is 1. The molecule has 0 radical (unpaired) electrons. The normalized spacial score (nSPS) is 26.2. The molecule has 1 aromatic rings. The fraction of sp³-hybridized carbons (Fsp3) is 0.632. The van der Waals surface area contributed by atoms with Crippen molar-refractivity contribution in [3.05, 3.63) is 23.8 Å². The summed E-state index contributed by atoms with van der Waals surface area (Å²) in [6.45, 7) is 6.04. The summed E-state index contributed by atoms with van der Waals surface area (Å²) < 4.78 is 11.4. The predicted octanol–water partition coefficient (Wildman–Crippen LogP) is 2.76. The molecular formula is C19H28N2O3. The van der Waals surface area contributed by atoms with Crippen molar-refractivity contribution in [3.63, 3.8) is 0 Å². The number of hydrogen-bond donors (Lipinski definition) is 1. The minimum atomic E-state index is -0.303. The smallest absolute Gasteiger partial charge is 0.224 e. The standard InChI is InChI=1S/C19H28N2O3/c1-19(2)11-16(15-10-14(23-4)7-8-17(15)24-19)20-18(22)13-6-5-9-21(3)12-13/h7-8,10,13,16H,5-6,9,11-12H2,1-4H3,(H,20,22)/t13-,16+/m1/s1. The number of methoxy groups -OCH3 is 1. The second-order valence-electron chi connectivity index (χ2n) is 7.63. The van der Waals surface area contributed by atoms with E-state index >= 15 is 0 Å². The summed E-state index contributed by atoms with van der Waals surface area (Å²) in [4.78, 5) is 15.0. The van der Waals surface area contributed by atoms with Crippen LogP contribution in [0, 0.1) is 5.92 Å². The Kier molecular flexibility index (Phi) is 4.72. The van der Waals surface area contributed by atoms with Crippen LogP contribution in [0.25, 0.3) is 0 Å². The lowest BCUT2D eigenvalue weighted by atomic mass is 9.88. The van der Waals surface area contributed by atoms with Crippen LogP contribution in [0.2, 0.25) is 0 Å². The first kappa shape index (κ1) is 17.1. The number of carbonyl (C=O) groups is 1. The number of nitrogens with one attached hydrogen (secondary N) is 1. The van der Waals surface area contributed by atoms with Gasteiger partial charge in [0.1, 0.15) is 17.1 Å². The van der Waals surface area contributed by atoms with Gasteiger partial charge in [-0.05, 0) is 58.5 Å². The fourth-order valence-corrected chi connectivity index (χ4v) is 3.76. The number of fused-ring (bicyclic) bond motifs is 1. The van der Waals surface area contributed by atoms with E-state index in [1.807, 2.05) is 18.2 Å². The number of hydrogen-bond acceptors (Lipinski definition) is 4. The topological polar surface area (TPSA) is 50.8 Å². The quantitative estimate of drug-likeness (QED) is 0.925. The van der Waals surface area contributed by atoms with Gasteiger partial charge in [-0.25, -0.2) is 0 Å². The molecule has 132 valence electrons. The van der Waals surface area contributed by atoms with Crippen LogP contribution in [-0.2, 0) is 4.79 Å². The lowest BCUT2D eigenvalue weighted by Crippen LogP contribution is -2.46. The molecular weight excluding hydrogens is 304 g/mol. The monoisotopic (exact) mass is 332 g/mol. The van der Waals surface area contributed by atoms with E-state index in [9.17, 15) is 4.79 Å². The summed E-state index contributed by atoms with van der Waals surface area (Å²) in [5.41, 5.74) is 0.703. The lowest BCUT2D eigenvalue weighted by molar-refractivity contribution is -0.127. The van der Waals surface area contributed by atoms with Crippen LogP contribution < -0.4 is 14.8 Å². The first-order valence-electron chi connectivity index (χ1n) is 8.74. The third kappa shape index (κ3) is 3.66. The molecule has 2 heterocycles. The first-order chi connectivity index (χ1) is 11.4. The van der Waals surface area contributed by atoms with Gasteiger partial charge in [0.15, 0.2) is 0 Å². The van der Waals surface area contributed by atoms with Gasteiger partial charge in [-0.15, -0.1) is 0 Å². The van der Waals surface area contributed by atoms with Gasteiger partial charge in [0, 0.05) is 18.5 Å². The highest BCUT2D eigenvalue weighted by molar-refractivity contribution is 5.79. The molecule has 1 amide bonds. The van der Waals surface area contributed by atoms with Crippen molar-refractivity contribution >= 4 is 5.91 Å². The number of likely N-dealkylation sites (tertiary alicyclic amines) is 1.